The van der Waals surface area contributed by atoms with Gasteiger partial charge in [0, 0.05) is 11.1 Å². The molecular formula is C10H14ClNO. The fourth-order valence-corrected chi connectivity index (χ4v) is 1.07. The van der Waals surface area contributed by atoms with Crippen molar-refractivity contribution in [3.63, 3.8) is 0 Å². The van der Waals surface area contributed by atoms with E-state index >= 15 is 0 Å². The SMILES string of the molecule is C[C@H](N)COCc1ccc(Cl)cc1. The van der Waals surface area contributed by atoms with Gasteiger partial charge in [0.1, 0.15) is 0 Å². The molecule has 13 heavy (non-hydrogen) atoms. The molecule has 0 saturated carbocycles. The van der Waals surface area contributed by atoms with Crippen molar-refractivity contribution in [3.8, 4) is 0 Å². The van der Waals surface area contributed by atoms with E-state index in [4.69, 9.17) is 22.1 Å². The number of nitrogens with two attached hydrogens (primary N) is 1. The van der Waals surface area contributed by atoms with Gasteiger partial charge in [-0.1, -0.05) is 23.7 Å². The van der Waals surface area contributed by atoms with Crippen LogP contribution in [0.3, 0.4) is 0 Å². The monoisotopic (exact) mass is 199 g/mol. The molecule has 0 fully saturated rings. The maximum absolute atomic E-state index is 5.74. The van der Waals surface area contributed by atoms with Crippen molar-refractivity contribution in [3.05, 3.63) is 34.9 Å². The Kier molecular flexibility index (Phi) is 4.22. The number of halogens is 1. The third-order valence-corrected chi connectivity index (χ3v) is 1.81. The van der Waals surface area contributed by atoms with E-state index in [1.54, 1.807) is 0 Å². The van der Waals surface area contributed by atoms with Crippen molar-refractivity contribution in [2.45, 2.75) is 19.6 Å². The fraction of sp³-hybridized carbons (Fsp3) is 0.400. The third-order valence-electron chi connectivity index (χ3n) is 1.56. The number of hydrogen-bond donors (Lipinski definition) is 1. The van der Waals surface area contributed by atoms with E-state index in [1.807, 2.05) is 31.2 Å². The molecule has 1 rings (SSSR count). The molecule has 1 aromatic rings. The first kappa shape index (κ1) is 10.5. The average Bonchev–Trinajstić information content (AvgIpc) is 2.08. The van der Waals surface area contributed by atoms with Gasteiger partial charge in [-0.05, 0) is 24.6 Å². The lowest BCUT2D eigenvalue weighted by Crippen LogP contribution is -2.21. The van der Waals surface area contributed by atoms with Crippen molar-refractivity contribution in [1.82, 2.24) is 0 Å². The van der Waals surface area contributed by atoms with Crippen LogP contribution in [0.1, 0.15) is 12.5 Å². The molecule has 0 amide bonds. The highest BCUT2D eigenvalue weighted by molar-refractivity contribution is 6.30. The van der Waals surface area contributed by atoms with Gasteiger partial charge in [-0.15, -0.1) is 0 Å². The Morgan fingerprint density at radius 2 is 2.00 bits per heavy atom. The highest BCUT2D eigenvalue weighted by atomic mass is 35.5. The third kappa shape index (κ3) is 4.27. The molecule has 0 unspecified atom stereocenters. The fourth-order valence-electron chi connectivity index (χ4n) is 0.943. The molecule has 2 N–H and O–H groups in total. The quantitative estimate of drug-likeness (QED) is 0.807. The normalized spacial score (nSPS) is 12.8. The summed E-state index contributed by atoms with van der Waals surface area (Å²) in [5.41, 5.74) is 6.65. The lowest BCUT2D eigenvalue weighted by atomic mass is 10.2. The number of benzene rings is 1. The van der Waals surface area contributed by atoms with Gasteiger partial charge in [-0.3, -0.25) is 0 Å². The summed E-state index contributed by atoms with van der Waals surface area (Å²) >= 11 is 5.74. The zero-order valence-corrected chi connectivity index (χ0v) is 8.42. The number of hydrogen-bond acceptors (Lipinski definition) is 2. The Labute approximate surface area is 83.6 Å². The van der Waals surface area contributed by atoms with Crippen LogP contribution in [-0.4, -0.2) is 12.6 Å². The standard InChI is InChI=1S/C10H14ClNO/c1-8(12)6-13-7-9-2-4-10(11)5-3-9/h2-5,8H,6-7,12H2,1H3/t8-/m0/s1. The van der Waals surface area contributed by atoms with Crippen LogP contribution in [0.2, 0.25) is 5.02 Å². The highest BCUT2D eigenvalue weighted by Gasteiger charge is 1.95. The van der Waals surface area contributed by atoms with Gasteiger partial charge < -0.3 is 10.5 Å². The molecule has 0 aromatic heterocycles. The van der Waals surface area contributed by atoms with Crippen molar-refractivity contribution in [2.75, 3.05) is 6.61 Å². The summed E-state index contributed by atoms with van der Waals surface area (Å²) in [4.78, 5) is 0. The highest BCUT2D eigenvalue weighted by Crippen LogP contribution is 2.10. The van der Waals surface area contributed by atoms with Gasteiger partial charge in [0.25, 0.3) is 0 Å². The maximum atomic E-state index is 5.74. The van der Waals surface area contributed by atoms with Crippen LogP contribution in [-0.2, 0) is 11.3 Å². The molecule has 0 aliphatic rings. The molecule has 1 aromatic carbocycles. The molecule has 0 saturated heterocycles. The van der Waals surface area contributed by atoms with Gasteiger partial charge >= 0.3 is 0 Å². The van der Waals surface area contributed by atoms with Crippen molar-refractivity contribution < 1.29 is 4.74 Å². The van der Waals surface area contributed by atoms with Crippen molar-refractivity contribution >= 4 is 11.6 Å². The molecule has 0 spiro atoms. The van der Waals surface area contributed by atoms with E-state index in [0.29, 0.717) is 13.2 Å². The van der Waals surface area contributed by atoms with E-state index in [2.05, 4.69) is 0 Å². The van der Waals surface area contributed by atoms with E-state index < -0.39 is 0 Å². The summed E-state index contributed by atoms with van der Waals surface area (Å²) in [6, 6.07) is 7.69. The molecule has 0 aliphatic heterocycles. The first-order valence-corrected chi connectivity index (χ1v) is 4.64. The predicted molar refractivity (Wildman–Crippen MR) is 54.8 cm³/mol. The lowest BCUT2D eigenvalue weighted by Gasteiger charge is -2.06. The second-order valence-electron chi connectivity index (χ2n) is 3.12. The van der Waals surface area contributed by atoms with Gasteiger partial charge in [-0.2, -0.15) is 0 Å². The van der Waals surface area contributed by atoms with Crippen LogP contribution in [0.4, 0.5) is 0 Å². The largest absolute Gasteiger partial charge is 0.375 e. The minimum absolute atomic E-state index is 0.0901. The summed E-state index contributed by atoms with van der Waals surface area (Å²) in [5, 5.41) is 0.746. The predicted octanol–water partition coefficient (Wildman–Crippen LogP) is 2.20. The minimum Gasteiger partial charge on any atom is -0.375 e. The molecule has 0 radical (unpaired) electrons. The van der Waals surface area contributed by atoms with E-state index in [0.717, 1.165) is 10.6 Å². The topological polar surface area (TPSA) is 35.2 Å². The van der Waals surface area contributed by atoms with Crippen LogP contribution >= 0.6 is 11.6 Å². The van der Waals surface area contributed by atoms with Crippen LogP contribution in [0.5, 0.6) is 0 Å². The van der Waals surface area contributed by atoms with E-state index in [-0.39, 0.29) is 6.04 Å². The molecular weight excluding hydrogens is 186 g/mol. The summed E-state index contributed by atoms with van der Waals surface area (Å²) in [7, 11) is 0. The number of rotatable bonds is 4. The van der Waals surface area contributed by atoms with Crippen LogP contribution in [0.15, 0.2) is 24.3 Å². The number of ether oxygens (including phenoxy) is 1. The lowest BCUT2D eigenvalue weighted by molar-refractivity contribution is 0.111. The first-order valence-electron chi connectivity index (χ1n) is 4.26. The second kappa shape index (κ2) is 5.22. The summed E-state index contributed by atoms with van der Waals surface area (Å²) in [5.74, 6) is 0. The average molecular weight is 200 g/mol. The van der Waals surface area contributed by atoms with Crippen LogP contribution in [0, 0.1) is 0 Å². The van der Waals surface area contributed by atoms with Crippen molar-refractivity contribution in [2.24, 2.45) is 5.73 Å². The maximum Gasteiger partial charge on any atom is 0.0717 e. The molecule has 0 aliphatic carbocycles. The van der Waals surface area contributed by atoms with Gasteiger partial charge in [0.05, 0.1) is 13.2 Å². The Bertz CT molecular complexity index is 246. The minimum atomic E-state index is 0.0901. The summed E-state index contributed by atoms with van der Waals surface area (Å²) in [6.07, 6.45) is 0. The molecule has 2 nitrogen and oxygen atoms in total. The van der Waals surface area contributed by atoms with Gasteiger partial charge in [0.2, 0.25) is 0 Å². The Morgan fingerprint density at radius 3 is 2.54 bits per heavy atom. The van der Waals surface area contributed by atoms with E-state index in [9.17, 15) is 0 Å². The van der Waals surface area contributed by atoms with Gasteiger partial charge in [0.15, 0.2) is 0 Å². The zero-order chi connectivity index (χ0) is 9.68. The molecule has 0 heterocycles. The molecule has 1 atom stereocenters. The Hall–Kier alpha value is -0.570. The van der Waals surface area contributed by atoms with Crippen LogP contribution < -0.4 is 5.73 Å². The first-order chi connectivity index (χ1) is 6.18. The summed E-state index contributed by atoms with van der Waals surface area (Å²) < 4.78 is 5.35. The van der Waals surface area contributed by atoms with Crippen molar-refractivity contribution in [1.29, 1.82) is 0 Å². The van der Waals surface area contributed by atoms with E-state index in [1.165, 1.54) is 0 Å². The smallest absolute Gasteiger partial charge is 0.0717 e. The van der Waals surface area contributed by atoms with Crippen LogP contribution in [0.25, 0.3) is 0 Å². The zero-order valence-electron chi connectivity index (χ0n) is 7.66. The molecule has 3 heteroatoms. The Morgan fingerprint density at radius 1 is 1.38 bits per heavy atom. The second-order valence-corrected chi connectivity index (χ2v) is 3.56. The Balaban J connectivity index is 2.33. The molecule has 0 bridgehead atoms. The molecule has 72 valence electrons. The van der Waals surface area contributed by atoms with Gasteiger partial charge in [-0.25, -0.2) is 0 Å². The summed E-state index contributed by atoms with van der Waals surface area (Å²) in [6.45, 7) is 3.10.